The van der Waals surface area contributed by atoms with Gasteiger partial charge in [0.15, 0.2) is 0 Å². The maximum atomic E-state index is 10.7. The average molecular weight is 191 g/mol. The Morgan fingerprint density at radius 2 is 2.36 bits per heavy atom. The van der Waals surface area contributed by atoms with Crippen LogP contribution in [0, 0.1) is 11.8 Å². The molecular weight excluding hydrogens is 182 g/mol. The zero-order valence-corrected chi connectivity index (χ0v) is 7.65. The Morgan fingerprint density at radius 3 is 2.93 bits per heavy atom. The van der Waals surface area contributed by atoms with E-state index in [1.165, 1.54) is 19.5 Å². The number of nitrogen functional groups attached to an aromatic ring is 1. The summed E-state index contributed by atoms with van der Waals surface area (Å²) in [7, 11) is 1.31. The summed E-state index contributed by atoms with van der Waals surface area (Å²) >= 11 is 0. The van der Waals surface area contributed by atoms with E-state index in [2.05, 4.69) is 26.5 Å². The SMILES string of the molecule is COC(=O)CC#Cc1cnc(N)cn1. The van der Waals surface area contributed by atoms with E-state index in [0.29, 0.717) is 11.5 Å². The van der Waals surface area contributed by atoms with Gasteiger partial charge < -0.3 is 10.5 Å². The van der Waals surface area contributed by atoms with Gasteiger partial charge in [-0.25, -0.2) is 9.97 Å². The number of esters is 1. The van der Waals surface area contributed by atoms with E-state index in [0.717, 1.165) is 0 Å². The second kappa shape index (κ2) is 4.82. The Hall–Kier alpha value is -2.09. The van der Waals surface area contributed by atoms with Crippen LogP contribution in [0.25, 0.3) is 0 Å². The molecule has 14 heavy (non-hydrogen) atoms. The number of carbonyl (C=O) groups is 1. The number of ether oxygens (including phenoxy) is 1. The number of hydrogen-bond donors (Lipinski definition) is 1. The van der Waals surface area contributed by atoms with Crippen molar-refractivity contribution in [1.82, 2.24) is 9.97 Å². The van der Waals surface area contributed by atoms with Gasteiger partial charge in [-0.1, -0.05) is 5.92 Å². The standard InChI is InChI=1S/C9H9N3O2/c1-14-9(13)4-2-3-7-5-12-8(10)6-11-7/h5-6H,4H2,1H3,(H2,10,12). The summed E-state index contributed by atoms with van der Waals surface area (Å²) in [4.78, 5) is 18.4. The lowest BCUT2D eigenvalue weighted by Crippen LogP contribution is -1.97. The molecule has 0 unspecified atom stereocenters. The smallest absolute Gasteiger partial charge is 0.317 e. The lowest BCUT2D eigenvalue weighted by atomic mass is 10.4. The number of nitrogens with zero attached hydrogens (tertiary/aromatic N) is 2. The summed E-state index contributed by atoms with van der Waals surface area (Å²) in [6.45, 7) is 0. The van der Waals surface area contributed by atoms with Crippen molar-refractivity contribution in [3.63, 3.8) is 0 Å². The van der Waals surface area contributed by atoms with Crippen molar-refractivity contribution < 1.29 is 9.53 Å². The molecule has 0 saturated heterocycles. The molecule has 0 bridgehead atoms. The summed E-state index contributed by atoms with van der Waals surface area (Å²) in [6.07, 6.45) is 2.89. The molecule has 5 nitrogen and oxygen atoms in total. The molecule has 0 spiro atoms. The minimum absolute atomic E-state index is 0.0442. The van der Waals surface area contributed by atoms with Crippen LogP contribution in [0.15, 0.2) is 12.4 Å². The molecule has 0 atom stereocenters. The summed E-state index contributed by atoms with van der Waals surface area (Å²) in [5, 5.41) is 0. The zero-order valence-electron chi connectivity index (χ0n) is 7.65. The van der Waals surface area contributed by atoms with Crippen molar-refractivity contribution in [2.75, 3.05) is 12.8 Å². The molecule has 2 N–H and O–H groups in total. The monoisotopic (exact) mass is 191 g/mol. The summed E-state index contributed by atoms with van der Waals surface area (Å²) in [5.74, 6) is 5.22. The third-order valence-electron chi connectivity index (χ3n) is 1.35. The van der Waals surface area contributed by atoms with Crippen molar-refractivity contribution in [2.45, 2.75) is 6.42 Å². The van der Waals surface area contributed by atoms with E-state index >= 15 is 0 Å². The first-order valence-corrected chi connectivity index (χ1v) is 3.85. The Balaban J connectivity index is 2.59. The second-order valence-electron chi connectivity index (χ2n) is 2.38. The fourth-order valence-electron chi connectivity index (χ4n) is 0.682. The number of aromatic nitrogens is 2. The average Bonchev–Trinajstić information content (AvgIpc) is 2.21. The largest absolute Gasteiger partial charge is 0.468 e. The summed E-state index contributed by atoms with van der Waals surface area (Å²) in [6, 6.07) is 0. The first-order chi connectivity index (χ1) is 6.72. The van der Waals surface area contributed by atoms with Gasteiger partial charge >= 0.3 is 5.97 Å². The summed E-state index contributed by atoms with van der Waals surface area (Å²) < 4.78 is 4.41. The maximum absolute atomic E-state index is 10.7. The van der Waals surface area contributed by atoms with E-state index < -0.39 is 0 Å². The Morgan fingerprint density at radius 1 is 1.57 bits per heavy atom. The van der Waals surface area contributed by atoms with Gasteiger partial charge in [-0.3, -0.25) is 4.79 Å². The molecule has 5 heteroatoms. The van der Waals surface area contributed by atoms with E-state index in [4.69, 9.17) is 5.73 Å². The lowest BCUT2D eigenvalue weighted by molar-refractivity contribution is -0.139. The fraction of sp³-hybridized carbons (Fsp3) is 0.222. The van der Waals surface area contributed by atoms with Crippen molar-refractivity contribution in [3.05, 3.63) is 18.1 Å². The molecule has 1 heterocycles. The Labute approximate surface area is 81.3 Å². The van der Waals surface area contributed by atoms with Gasteiger partial charge in [-0.15, -0.1) is 0 Å². The number of methoxy groups -OCH3 is 1. The molecular formula is C9H9N3O2. The molecule has 0 fully saturated rings. The second-order valence-corrected chi connectivity index (χ2v) is 2.38. The van der Waals surface area contributed by atoms with Gasteiger partial charge in [0.2, 0.25) is 0 Å². The molecule has 0 aliphatic carbocycles. The van der Waals surface area contributed by atoms with Gasteiger partial charge in [-0.2, -0.15) is 0 Å². The van der Waals surface area contributed by atoms with Crippen LogP contribution in [0.1, 0.15) is 12.1 Å². The fourth-order valence-corrected chi connectivity index (χ4v) is 0.682. The van der Waals surface area contributed by atoms with Crippen molar-refractivity contribution in [2.24, 2.45) is 0 Å². The highest BCUT2D eigenvalue weighted by Gasteiger charge is 1.94. The number of rotatable bonds is 1. The molecule has 1 aromatic rings. The molecule has 0 radical (unpaired) electrons. The quantitative estimate of drug-likeness (QED) is 0.498. The van der Waals surface area contributed by atoms with Gasteiger partial charge in [0.1, 0.15) is 17.9 Å². The Kier molecular flexibility index (Phi) is 3.44. The van der Waals surface area contributed by atoms with E-state index in [9.17, 15) is 4.79 Å². The molecule has 0 aliphatic heterocycles. The van der Waals surface area contributed by atoms with Crippen LogP contribution in [0.4, 0.5) is 5.82 Å². The third-order valence-corrected chi connectivity index (χ3v) is 1.35. The van der Waals surface area contributed by atoms with Gasteiger partial charge in [0.05, 0.1) is 19.5 Å². The van der Waals surface area contributed by atoms with Crippen molar-refractivity contribution in [1.29, 1.82) is 0 Å². The first-order valence-electron chi connectivity index (χ1n) is 3.85. The molecule has 1 rings (SSSR count). The van der Waals surface area contributed by atoms with Crippen LogP contribution in [0.5, 0.6) is 0 Å². The van der Waals surface area contributed by atoms with Crippen LogP contribution in [-0.2, 0) is 9.53 Å². The normalized spacial score (nSPS) is 8.64. The van der Waals surface area contributed by atoms with Crippen molar-refractivity contribution >= 4 is 11.8 Å². The molecule has 0 aromatic carbocycles. The van der Waals surface area contributed by atoms with Crippen LogP contribution >= 0.6 is 0 Å². The minimum atomic E-state index is -0.374. The third kappa shape index (κ3) is 3.11. The van der Waals surface area contributed by atoms with Gasteiger partial charge in [0, 0.05) is 0 Å². The van der Waals surface area contributed by atoms with Crippen LogP contribution in [-0.4, -0.2) is 23.0 Å². The van der Waals surface area contributed by atoms with Crippen molar-refractivity contribution in [3.8, 4) is 11.8 Å². The van der Waals surface area contributed by atoms with Crippen LogP contribution in [0.3, 0.4) is 0 Å². The highest BCUT2D eigenvalue weighted by molar-refractivity contribution is 5.72. The van der Waals surface area contributed by atoms with E-state index in [1.807, 2.05) is 0 Å². The molecule has 0 aliphatic rings. The van der Waals surface area contributed by atoms with Crippen LogP contribution < -0.4 is 5.73 Å². The summed E-state index contributed by atoms with van der Waals surface area (Å²) in [5.41, 5.74) is 5.80. The van der Waals surface area contributed by atoms with Gasteiger partial charge in [0.25, 0.3) is 0 Å². The molecule has 0 saturated carbocycles. The highest BCUT2D eigenvalue weighted by atomic mass is 16.5. The minimum Gasteiger partial charge on any atom is -0.468 e. The predicted molar refractivity (Wildman–Crippen MR) is 50.0 cm³/mol. The van der Waals surface area contributed by atoms with E-state index in [1.54, 1.807) is 0 Å². The predicted octanol–water partition coefficient (Wildman–Crippen LogP) is -0.0266. The molecule has 72 valence electrons. The van der Waals surface area contributed by atoms with Gasteiger partial charge in [-0.05, 0) is 5.92 Å². The topological polar surface area (TPSA) is 78.1 Å². The molecule has 0 amide bonds. The zero-order chi connectivity index (χ0) is 10.4. The van der Waals surface area contributed by atoms with Crippen LogP contribution in [0.2, 0.25) is 0 Å². The number of nitrogens with two attached hydrogens (primary N) is 1. The number of hydrogen-bond acceptors (Lipinski definition) is 5. The molecule has 1 aromatic heterocycles. The highest BCUT2D eigenvalue weighted by Crippen LogP contribution is 1.93. The van der Waals surface area contributed by atoms with E-state index in [-0.39, 0.29) is 12.4 Å². The number of anilines is 1. The number of carbonyl (C=O) groups excluding carboxylic acids is 1. The lowest BCUT2D eigenvalue weighted by Gasteiger charge is -1.91. The Bertz CT molecular complexity index is 375. The first kappa shape index (κ1) is 9.99. The maximum Gasteiger partial charge on any atom is 0.317 e.